The van der Waals surface area contributed by atoms with Crippen LogP contribution in [-0.4, -0.2) is 5.91 Å². The molecule has 4 heteroatoms. The monoisotopic (exact) mass is 340 g/mol. The van der Waals surface area contributed by atoms with Crippen LogP contribution in [0.3, 0.4) is 0 Å². The Balaban J connectivity index is 2.41. The Bertz CT molecular complexity index is 744. The first-order valence-corrected chi connectivity index (χ1v) is 7.14. The number of amides is 1. The molecule has 2 rings (SSSR count). The van der Waals surface area contributed by atoms with E-state index in [-0.39, 0.29) is 5.57 Å². The van der Waals surface area contributed by atoms with Gasteiger partial charge in [0.25, 0.3) is 5.91 Å². The zero-order valence-electron chi connectivity index (χ0n) is 11.2. The summed E-state index contributed by atoms with van der Waals surface area (Å²) in [5, 5.41) is 8.96. The van der Waals surface area contributed by atoms with Crippen LogP contribution in [0, 0.1) is 11.3 Å². The van der Waals surface area contributed by atoms with Crippen LogP contribution in [0.15, 0.2) is 58.6 Å². The van der Waals surface area contributed by atoms with Gasteiger partial charge in [-0.25, -0.2) is 0 Å². The third-order valence-corrected chi connectivity index (χ3v) is 3.85. The number of primary amides is 1. The highest BCUT2D eigenvalue weighted by molar-refractivity contribution is 9.10. The summed E-state index contributed by atoms with van der Waals surface area (Å²) in [7, 11) is 0. The summed E-state index contributed by atoms with van der Waals surface area (Å²) in [6.07, 6.45) is 2.24. The molecule has 3 nitrogen and oxygen atoms in total. The highest BCUT2D eigenvalue weighted by atomic mass is 79.9. The van der Waals surface area contributed by atoms with E-state index in [1.165, 1.54) is 6.08 Å². The van der Waals surface area contributed by atoms with E-state index < -0.39 is 5.91 Å². The van der Waals surface area contributed by atoms with Gasteiger partial charge >= 0.3 is 0 Å². The van der Waals surface area contributed by atoms with Crippen molar-refractivity contribution < 1.29 is 4.79 Å². The summed E-state index contributed by atoms with van der Waals surface area (Å²) in [6.45, 7) is 0. The Hall–Kier alpha value is -2.38. The molecule has 0 fully saturated rings. The lowest BCUT2D eigenvalue weighted by Gasteiger charge is -2.08. The van der Waals surface area contributed by atoms with Crippen LogP contribution in [0.4, 0.5) is 0 Å². The van der Waals surface area contributed by atoms with Gasteiger partial charge in [0.15, 0.2) is 0 Å². The largest absolute Gasteiger partial charge is 0.365 e. The molecule has 0 heterocycles. The Morgan fingerprint density at radius 2 is 1.76 bits per heavy atom. The Morgan fingerprint density at radius 1 is 1.14 bits per heavy atom. The fourth-order valence-corrected chi connectivity index (χ4v) is 2.42. The van der Waals surface area contributed by atoms with E-state index in [1.54, 1.807) is 0 Å². The van der Waals surface area contributed by atoms with Crippen LogP contribution in [0.25, 0.3) is 6.08 Å². The van der Waals surface area contributed by atoms with E-state index in [0.717, 1.165) is 21.2 Å². The molecule has 0 unspecified atom stereocenters. The third-order valence-electron chi connectivity index (χ3n) is 3.08. The van der Waals surface area contributed by atoms with Crippen molar-refractivity contribution in [2.24, 2.45) is 5.73 Å². The molecule has 0 aliphatic rings. The summed E-state index contributed by atoms with van der Waals surface area (Å²) in [5.74, 6) is -0.715. The maximum atomic E-state index is 11.2. The number of carbonyl (C=O) groups is 1. The summed E-state index contributed by atoms with van der Waals surface area (Å²) >= 11 is 3.52. The molecule has 0 radical (unpaired) electrons. The normalized spacial score (nSPS) is 11.0. The summed E-state index contributed by atoms with van der Waals surface area (Å²) < 4.78 is 1.03. The zero-order valence-corrected chi connectivity index (χ0v) is 12.8. The minimum Gasteiger partial charge on any atom is -0.365 e. The molecule has 0 spiro atoms. The van der Waals surface area contributed by atoms with Crippen LogP contribution in [-0.2, 0) is 11.2 Å². The van der Waals surface area contributed by atoms with Crippen molar-refractivity contribution >= 4 is 27.9 Å². The van der Waals surface area contributed by atoms with Crippen molar-refractivity contribution in [2.45, 2.75) is 6.42 Å². The average molecular weight is 341 g/mol. The predicted octanol–water partition coefficient (Wildman–Crippen LogP) is 3.43. The Labute approximate surface area is 131 Å². The van der Waals surface area contributed by atoms with Crippen LogP contribution in [0.2, 0.25) is 0 Å². The Morgan fingerprint density at radius 3 is 2.38 bits per heavy atom. The van der Waals surface area contributed by atoms with Crippen molar-refractivity contribution in [3.63, 3.8) is 0 Å². The maximum absolute atomic E-state index is 11.2. The van der Waals surface area contributed by atoms with Crippen molar-refractivity contribution in [3.05, 3.63) is 75.3 Å². The first-order chi connectivity index (χ1) is 10.1. The SMILES string of the molecule is N#C/C(=C\c1ccccc1Cc1ccccc1Br)C(N)=O. The number of nitriles is 1. The fourth-order valence-electron chi connectivity index (χ4n) is 2.00. The van der Waals surface area contributed by atoms with Gasteiger partial charge in [-0.3, -0.25) is 4.79 Å². The summed E-state index contributed by atoms with van der Waals surface area (Å²) in [6, 6.07) is 17.4. The third kappa shape index (κ3) is 3.80. The van der Waals surface area contributed by atoms with Gasteiger partial charge in [-0.05, 0) is 35.3 Å². The van der Waals surface area contributed by atoms with E-state index in [4.69, 9.17) is 11.0 Å². The smallest absolute Gasteiger partial charge is 0.259 e. The predicted molar refractivity (Wildman–Crippen MR) is 86.2 cm³/mol. The average Bonchev–Trinajstić information content (AvgIpc) is 2.48. The van der Waals surface area contributed by atoms with Crippen molar-refractivity contribution in [2.75, 3.05) is 0 Å². The molecule has 0 aliphatic heterocycles. The molecule has 0 saturated carbocycles. The van der Waals surface area contributed by atoms with Crippen LogP contribution in [0.5, 0.6) is 0 Å². The van der Waals surface area contributed by atoms with Crippen molar-refractivity contribution in [3.8, 4) is 6.07 Å². The van der Waals surface area contributed by atoms with Gasteiger partial charge in [0.1, 0.15) is 11.6 Å². The van der Waals surface area contributed by atoms with E-state index in [0.29, 0.717) is 6.42 Å². The molecule has 2 N–H and O–H groups in total. The van der Waals surface area contributed by atoms with E-state index in [1.807, 2.05) is 54.6 Å². The minimum atomic E-state index is -0.715. The molecule has 0 atom stereocenters. The molecule has 2 aromatic carbocycles. The molecule has 1 amide bonds. The number of hydrogen-bond donors (Lipinski definition) is 1. The quantitative estimate of drug-likeness (QED) is 0.684. The number of hydrogen-bond acceptors (Lipinski definition) is 2. The van der Waals surface area contributed by atoms with Crippen molar-refractivity contribution in [1.82, 2.24) is 0 Å². The first kappa shape index (κ1) is 15.0. The standard InChI is InChI=1S/C17H13BrN2O/c18-16-8-4-3-7-14(16)9-12-5-1-2-6-13(12)10-15(11-19)17(20)21/h1-8,10H,9H2,(H2,20,21)/b15-10+. The number of nitrogens with two attached hydrogens (primary N) is 1. The highest BCUT2D eigenvalue weighted by Gasteiger charge is 2.08. The second-order valence-corrected chi connectivity index (χ2v) is 5.36. The van der Waals surface area contributed by atoms with Gasteiger partial charge in [-0.15, -0.1) is 0 Å². The second kappa shape index (κ2) is 6.87. The maximum Gasteiger partial charge on any atom is 0.259 e. The lowest BCUT2D eigenvalue weighted by molar-refractivity contribution is -0.114. The molecule has 0 aromatic heterocycles. The molecule has 21 heavy (non-hydrogen) atoms. The van der Waals surface area contributed by atoms with Crippen LogP contribution >= 0.6 is 15.9 Å². The summed E-state index contributed by atoms with van der Waals surface area (Å²) in [4.78, 5) is 11.2. The van der Waals surface area contributed by atoms with Crippen LogP contribution in [0.1, 0.15) is 16.7 Å². The minimum absolute atomic E-state index is 0.0467. The number of benzene rings is 2. The lowest BCUT2D eigenvalue weighted by Crippen LogP contribution is -2.12. The van der Waals surface area contributed by atoms with Gasteiger partial charge < -0.3 is 5.73 Å². The molecular formula is C17H13BrN2O. The zero-order chi connectivity index (χ0) is 15.2. The molecular weight excluding hydrogens is 328 g/mol. The molecule has 104 valence electrons. The van der Waals surface area contributed by atoms with Gasteiger partial charge in [-0.1, -0.05) is 58.4 Å². The number of carbonyl (C=O) groups excluding carboxylic acids is 1. The van der Waals surface area contributed by atoms with Crippen LogP contribution < -0.4 is 5.73 Å². The fraction of sp³-hybridized carbons (Fsp3) is 0.0588. The molecule has 0 saturated heterocycles. The topological polar surface area (TPSA) is 66.9 Å². The first-order valence-electron chi connectivity index (χ1n) is 6.34. The van der Waals surface area contributed by atoms with Gasteiger partial charge in [0.2, 0.25) is 0 Å². The van der Waals surface area contributed by atoms with E-state index in [9.17, 15) is 4.79 Å². The lowest BCUT2D eigenvalue weighted by atomic mass is 9.98. The number of rotatable bonds is 4. The Kier molecular flexibility index (Phi) is 4.91. The highest BCUT2D eigenvalue weighted by Crippen LogP contribution is 2.22. The number of halogens is 1. The summed E-state index contributed by atoms with van der Waals surface area (Å²) in [5.41, 5.74) is 8.12. The second-order valence-electron chi connectivity index (χ2n) is 4.50. The molecule has 2 aromatic rings. The van der Waals surface area contributed by atoms with Gasteiger partial charge in [0, 0.05) is 4.47 Å². The van der Waals surface area contributed by atoms with Gasteiger partial charge in [-0.2, -0.15) is 5.26 Å². The molecule has 0 aliphatic carbocycles. The van der Waals surface area contributed by atoms with Gasteiger partial charge in [0.05, 0.1) is 0 Å². The number of nitrogens with zero attached hydrogens (tertiary/aromatic N) is 1. The van der Waals surface area contributed by atoms with E-state index in [2.05, 4.69) is 15.9 Å². The van der Waals surface area contributed by atoms with E-state index >= 15 is 0 Å². The molecule has 0 bridgehead atoms. The van der Waals surface area contributed by atoms with Crippen molar-refractivity contribution in [1.29, 1.82) is 5.26 Å².